The molecule has 0 spiro atoms. The summed E-state index contributed by atoms with van der Waals surface area (Å²) in [6, 6.07) is 18.2. The van der Waals surface area contributed by atoms with Gasteiger partial charge in [0.15, 0.2) is 0 Å². The molecule has 0 bridgehead atoms. The maximum absolute atomic E-state index is 12.6. The molecular weight excluding hydrogens is 342 g/mol. The van der Waals surface area contributed by atoms with Crippen molar-refractivity contribution in [2.75, 3.05) is 5.32 Å². The first kappa shape index (κ1) is 18.2. The summed E-state index contributed by atoms with van der Waals surface area (Å²) in [4.78, 5) is 23.3. The van der Waals surface area contributed by atoms with Crippen LogP contribution in [0.3, 0.4) is 0 Å². The Kier molecular flexibility index (Phi) is 5.51. The molecule has 3 rings (SSSR count). The molecule has 0 fully saturated rings. The first-order valence-corrected chi connectivity index (χ1v) is 8.53. The Morgan fingerprint density at radius 2 is 1.74 bits per heavy atom. The Balaban J connectivity index is 1.70. The Hall–Kier alpha value is -3.61. The van der Waals surface area contributed by atoms with Crippen molar-refractivity contribution < 1.29 is 9.59 Å². The molecule has 4 N–H and O–H groups in total. The van der Waals surface area contributed by atoms with Gasteiger partial charge in [0.25, 0.3) is 5.91 Å². The van der Waals surface area contributed by atoms with Gasteiger partial charge in [-0.2, -0.15) is 5.10 Å². The average Bonchev–Trinajstić information content (AvgIpc) is 3.00. The SMILES string of the molecule is Cc1cc(NC(=O)c2ccc(CNC(N)=O)cc2)n(Cc2ccccc2)n1. The van der Waals surface area contributed by atoms with E-state index >= 15 is 0 Å². The Labute approximate surface area is 157 Å². The summed E-state index contributed by atoms with van der Waals surface area (Å²) in [5.41, 5.74) is 8.35. The van der Waals surface area contributed by atoms with Gasteiger partial charge in [-0.3, -0.25) is 4.79 Å². The van der Waals surface area contributed by atoms with Gasteiger partial charge in [0.1, 0.15) is 5.82 Å². The number of urea groups is 1. The number of carbonyl (C=O) groups excluding carboxylic acids is 2. The minimum atomic E-state index is -0.584. The third-order valence-electron chi connectivity index (χ3n) is 4.00. The smallest absolute Gasteiger partial charge is 0.312 e. The van der Waals surface area contributed by atoms with Crippen LogP contribution in [0, 0.1) is 6.92 Å². The van der Waals surface area contributed by atoms with E-state index in [1.165, 1.54) is 0 Å². The number of carbonyl (C=O) groups is 2. The highest BCUT2D eigenvalue weighted by atomic mass is 16.2. The Morgan fingerprint density at radius 1 is 1.04 bits per heavy atom. The van der Waals surface area contributed by atoms with Crippen molar-refractivity contribution in [1.29, 1.82) is 0 Å². The first-order valence-electron chi connectivity index (χ1n) is 8.53. The van der Waals surface area contributed by atoms with E-state index < -0.39 is 6.03 Å². The fraction of sp³-hybridized carbons (Fsp3) is 0.150. The van der Waals surface area contributed by atoms with Gasteiger partial charge >= 0.3 is 6.03 Å². The lowest BCUT2D eigenvalue weighted by molar-refractivity contribution is 0.102. The highest BCUT2D eigenvalue weighted by Gasteiger charge is 2.12. The molecular formula is C20H21N5O2. The van der Waals surface area contributed by atoms with Gasteiger partial charge in [-0.05, 0) is 30.2 Å². The van der Waals surface area contributed by atoms with Crippen molar-refractivity contribution in [3.8, 4) is 0 Å². The molecule has 7 nitrogen and oxygen atoms in total. The number of rotatable bonds is 6. The minimum Gasteiger partial charge on any atom is -0.352 e. The van der Waals surface area contributed by atoms with Crippen LogP contribution in [0.4, 0.5) is 10.6 Å². The molecule has 3 aromatic rings. The van der Waals surface area contributed by atoms with Crippen LogP contribution in [-0.4, -0.2) is 21.7 Å². The second-order valence-corrected chi connectivity index (χ2v) is 6.18. The van der Waals surface area contributed by atoms with Gasteiger partial charge in [0.2, 0.25) is 0 Å². The monoisotopic (exact) mass is 363 g/mol. The van der Waals surface area contributed by atoms with Crippen molar-refractivity contribution in [2.24, 2.45) is 5.73 Å². The van der Waals surface area contributed by atoms with Crippen molar-refractivity contribution in [3.05, 3.63) is 83.0 Å². The number of amides is 3. The molecule has 138 valence electrons. The summed E-state index contributed by atoms with van der Waals surface area (Å²) in [5.74, 6) is 0.416. The van der Waals surface area contributed by atoms with E-state index in [0.29, 0.717) is 24.5 Å². The number of nitrogens with zero attached hydrogens (tertiary/aromatic N) is 2. The van der Waals surface area contributed by atoms with Gasteiger partial charge in [0.05, 0.1) is 12.2 Å². The zero-order valence-electron chi connectivity index (χ0n) is 15.0. The molecule has 2 aromatic carbocycles. The van der Waals surface area contributed by atoms with Crippen molar-refractivity contribution in [3.63, 3.8) is 0 Å². The number of aryl methyl sites for hydroxylation is 1. The van der Waals surface area contributed by atoms with E-state index in [9.17, 15) is 9.59 Å². The van der Waals surface area contributed by atoms with Crippen LogP contribution >= 0.6 is 0 Å². The zero-order valence-corrected chi connectivity index (χ0v) is 15.0. The lowest BCUT2D eigenvalue weighted by Gasteiger charge is -2.10. The number of hydrogen-bond donors (Lipinski definition) is 3. The molecule has 7 heteroatoms. The maximum Gasteiger partial charge on any atom is 0.312 e. The number of hydrogen-bond acceptors (Lipinski definition) is 3. The molecule has 3 amide bonds. The van der Waals surface area contributed by atoms with Crippen LogP contribution in [0.25, 0.3) is 0 Å². The summed E-state index contributed by atoms with van der Waals surface area (Å²) < 4.78 is 1.77. The standard InChI is InChI=1S/C20H21N5O2/c1-14-11-18(25(24-14)13-16-5-3-2-4-6-16)23-19(26)17-9-7-15(8-10-17)12-22-20(21)27/h2-11H,12-13H2,1H3,(H,23,26)(H3,21,22,27). The molecule has 27 heavy (non-hydrogen) atoms. The number of anilines is 1. The largest absolute Gasteiger partial charge is 0.352 e. The molecule has 0 aliphatic rings. The van der Waals surface area contributed by atoms with Crippen LogP contribution < -0.4 is 16.4 Å². The quantitative estimate of drug-likeness (QED) is 0.627. The molecule has 0 atom stereocenters. The summed E-state index contributed by atoms with van der Waals surface area (Å²) in [7, 11) is 0. The number of aromatic nitrogens is 2. The van der Waals surface area contributed by atoms with Crippen LogP contribution in [0.1, 0.15) is 27.2 Å². The lowest BCUT2D eigenvalue weighted by Crippen LogP contribution is -2.28. The second kappa shape index (κ2) is 8.18. The summed E-state index contributed by atoms with van der Waals surface area (Å²) in [5, 5.41) is 9.88. The highest BCUT2D eigenvalue weighted by Crippen LogP contribution is 2.15. The van der Waals surface area contributed by atoms with Crippen LogP contribution in [-0.2, 0) is 13.1 Å². The van der Waals surface area contributed by atoms with Crippen LogP contribution in [0.5, 0.6) is 0 Å². The van der Waals surface area contributed by atoms with Crippen molar-refractivity contribution in [2.45, 2.75) is 20.0 Å². The normalized spacial score (nSPS) is 10.4. The van der Waals surface area contributed by atoms with E-state index in [1.807, 2.05) is 43.3 Å². The molecule has 0 aliphatic heterocycles. The van der Waals surface area contributed by atoms with E-state index in [-0.39, 0.29) is 5.91 Å². The molecule has 0 saturated heterocycles. The maximum atomic E-state index is 12.6. The number of nitrogens with one attached hydrogen (secondary N) is 2. The third-order valence-corrected chi connectivity index (χ3v) is 4.00. The van der Waals surface area contributed by atoms with Gasteiger partial charge in [-0.25, -0.2) is 9.48 Å². The highest BCUT2D eigenvalue weighted by molar-refractivity contribution is 6.03. The number of nitrogens with two attached hydrogens (primary N) is 1. The predicted octanol–water partition coefficient (Wildman–Crippen LogP) is 2.66. The average molecular weight is 363 g/mol. The Morgan fingerprint density at radius 3 is 2.41 bits per heavy atom. The lowest BCUT2D eigenvalue weighted by atomic mass is 10.1. The summed E-state index contributed by atoms with van der Waals surface area (Å²) in [6.07, 6.45) is 0. The van der Waals surface area contributed by atoms with Crippen LogP contribution in [0.15, 0.2) is 60.7 Å². The predicted molar refractivity (Wildman–Crippen MR) is 103 cm³/mol. The van der Waals surface area contributed by atoms with Gasteiger partial charge < -0.3 is 16.4 Å². The number of primary amides is 1. The summed E-state index contributed by atoms with van der Waals surface area (Å²) in [6.45, 7) is 2.78. The summed E-state index contributed by atoms with van der Waals surface area (Å²) >= 11 is 0. The molecule has 1 aromatic heterocycles. The van der Waals surface area contributed by atoms with E-state index in [0.717, 1.165) is 16.8 Å². The van der Waals surface area contributed by atoms with Crippen molar-refractivity contribution in [1.82, 2.24) is 15.1 Å². The van der Waals surface area contributed by atoms with E-state index in [2.05, 4.69) is 15.7 Å². The molecule has 0 unspecified atom stereocenters. The molecule has 1 heterocycles. The number of benzene rings is 2. The third kappa shape index (κ3) is 4.94. The minimum absolute atomic E-state index is 0.223. The van der Waals surface area contributed by atoms with Crippen molar-refractivity contribution >= 4 is 17.8 Å². The topological polar surface area (TPSA) is 102 Å². The second-order valence-electron chi connectivity index (χ2n) is 6.18. The van der Waals surface area contributed by atoms with E-state index in [1.54, 1.807) is 28.9 Å². The zero-order chi connectivity index (χ0) is 19.2. The van der Waals surface area contributed by atoms with Gasteiger partial charge in [-0.15, -0.1) is 0 Å². The van der Waals surface area contributed by atoms with Gasteiger partial charge in [0, 0.05) is 18.2 Å². The molecule has 0 aliphatic carbocycles. The molecule has 0 saturated carbocycles. The fourth-order valence-electron chi connectivity index (χ4n) is 2.67. The van der Waals surface area contributed by atoms with E-state index in [4.69, 9.17) is 5.73 Å². The molecule has 0 radical (unpaired) electrons. The fourth-order valence-corrected chi connectivity index (χ4v) is 2.67. The van der Waals surface area contributed by atoms with Crippen LogP contribution in [0.2, 0.25) is 0 Å². The first-order chi connectivity index (χ1) is 13.0. The Bertz CT molecular complexity index is 933. The van der Waals surface area contributed by atoms with Gasteiger partial charge in [-0.1, -0.05) is 42.5 Å².